The Morgan fingerprint density at radius 3 is 3.22 bits per heavy atom. The number of carbonyl (C=O) groups excluding carboxylic acids is 1. The first-order valence-corrected chi connectivity index (χ1v) is 7.97. The second-order valence-electron chi connectivity index (χ2n) is 5.14. The lowest BCUT2D eigenvalue weighted by molar-refractivity contribution is -0.117. The molecule has 0 radical (unpaired) electrons. The first-order valence-electron chi connectivity index (χ1n) is 7.09. The third-order valence-corrected chi connectivity index (χ3v) is 4.44. The highest BCUT2D eigenvalue weighted by atomic mass is 32.1. The minimum absolute atomic E-state index is 0.124. The summed E-state index contributed by atoms with van der Waals surface area (Å²) in [4.78, 5) is 14.2. The van der Waals surface area contributed by atoms with E-state index in [1.54, 1.807) is 18.6 Å². The Hall–Kier alpha value is -2.50. The lowest BCUT2D eigenvalue weighted by Gasteiger charge is -2.27. The molecule has 0 fully saturated rings. The molecule has 3 rings (SSSR count). The summed E-state index contributed by atoms with van der Waals surface area (Å²) in [5, 5.41) is 22.3. The highest BCUT2D eigenvalue weighted by Crippen LogP contribution is 2.23. The van der Waals surface area contributed by atoms with Crippen LogP contribution >= 0.6 is 11.3 Å². The van der Waals surface area contributed by atoms with E-state index in [1.165, 1.54) is 11.3 Å². The topological polar surface area (TPSA) is 91.1 Å². The average Bonchev–Trinajstić information content (AvgIpc) is 3.01. The Morgan fingerprint density at radius 1 is 1.57 bits per heavy atom. The molecule has 1 N–H and O–H groups in total. The van der Waals surface area contributed by atoms with Gasteiger partial charge in [0.05, 0.1) is 24.9 Å². The molecule has 7 nitrogen and oxygen atoms in total. The van der Waals surface area contributed by atoms with Crippen LogP contribution in [-0.4, -0.2) is 41.2 Å². The van der Waals surface area contributed by atoms with Gasteiger partial charge in [-0.15, -0.1) is 16.4 Å². The molecular weight excluding hydrogens is 314 g/mol. The monoisotopic (exact) mass is 329 g/mol. The second kappa shape index (κ2) is 6.73. The van der Waals surface area contributed by atoms with E-state index >= 15 is 0 Å². The number of aromatic nitrogens is 2. The Labute approximate surface area is 137 Å². The summed E-state index contributed by atoms with van der Waals surface area (Å²) in [5.41, 5.74) is 2.48. The van der Waals surface area contributed by atoms with Gasteiger partial charge in [0.1, 0.15) is 11.1 Å². The summed E-state index contributed by atoms with van der Waals surface area (Å²) in [6, 6.07) is 5.62. The molecule has 0 aromatic carbocycles. The van der Waals surface area contributed by atoms with Gasteiger partial charge in [0, 0.05) is 25.6 Å². The molecule has 0 unspecified atom stereocenters. The minimum Gasteiger partial charge on any atom is -0.480 e. The summed E-state index contributed by atoms with van der Waals surface area (Å²) in [7, 11) is 1.55. The van der Waals surface area contributed by atoms with Crippen molar-refractivity contribution in [3.05, 3.63) is 34.3 Å². The summed E-state index contributed by atoms with van der Waals surface area (Å²) >= 11 is 1.35. The molecule has 8 heteroatoms. The van der Waals surface area contributed by atoms with Crippen LogP contribution in [0.25, 0.3) is 0 Å². The maximum absolute atomic E-state index is 12.2. The normalized spacial score (nSPS) is 13.9. The number of carbonyl (C=O) groups is 1. The lowest BCUT2D eigenvalue weighted by atomic mass is 10.1. The summed E-state index contributed by atoms with van der Waals surface area (Å²) in [6.07, 6.45) is 0.752. The highest BCUT2D eigenvalue weighted by Gasteiger charge is 2.21. The van der Waals surface area contributed by atoms with E-state index in [4.69, 9.17) is 10.00 Å². The van der Waals surface area contributed by atoms with Gasteiger partial charge in [-0.25, -0.2) is 0 Å². The first kappa shape index (κ1) is 15.4. The quantitative estimate of drug-likeness (QED) is 0.912. The highest BCUT2D eigenvalue weighted by molar-refractivity contribution is 7.14. The number of anilines is 1. The van der Waals surface area contributed by atoms with E-state index in [0.717, 1.165) is 24.2 Å². The fraction of sp³-hybridized carbons (Fsp3) is 0.333. The van der Waals surface area contributed by atoms with Crippen molar-refractivity contribution in [3.8, 4) is 11.9 Å². The SMILES string of the molecule is COc1cc2c(nn1)CCN(CC(=O)Nc1sccc1C#N)C2. The number of ether oxygens (including phenoxy) is 1. The zero-order valence-electron chi connectivity index (χ0n) is 12.6. The molecule has 2 aromatic heterocycles. The Balaban J connectivity index is 1.63. The van der Waals surface area contributed by atoms with Gasteiger partial charge in [-0.1, -0.05) is 0 Å². The number of hydrogen-bond donors (Lipinski definition) is 1. The van der Waals surface area contributed by atoms with Gasteiger partial charge < -0.3 is 10.1 Å². The molecule has 0 atom stereocenters. The van der Waals surface area contributed by atoms with Crippen LogP contribution < -0.4 is 10.1 Å². The van der Waals surface area contributed by atoms with Crippen molar-refractivity contribution in [1.29, 1.82) is 5.26 Å². The zero-order chi connectivity index (χ0) is 16.2. The molecule has 1 amide bonds. The largest absolute Gasteiger partial charge is 0.480 e. The fourth-order valence-electron chi connectivity index (χ4n) is 2.46. The lowest BCUT2D eigenvalue weighted by Crippen LogP contribution is -2.37. The maximum atomic E-state index is 12.2. The number of nitrogens with one attached hydrogen (secondary N) is 1. The minimum atomic E-state index is -0.124. The molecule has 0 aliphatic carbocycles. The Bertz CT molecular complexity index is 767. The molecule has 23 heavy (non-hydrogen) atoms. The predicted octanol–water partition coefficient (Wildman–Crippen LogP) is 1.42. The molecule has 2 aromatic rings. The number of hydrogen-bond acceptors (Lipinski definition) is 7. The summed E-state index contributed by atoms with van der Waals surface area (Å²) in [6.45, 7) is 1.65. The number of amides is 1. The van der Waals surface area contributed by atoms with Crippen molar-refractivity contribution in [1.82, 2.24) is 15.1 Å². The molecule has 0 spiro atoms. The van der Waals surface area contributed by atoms with Crippen molar-refractivity contribution in [2.45, 2.75) is 13.0 Å². The smallest absolute Gasteiger partial charge is 0.239 e. The summed E-state index contributed by atoms with van der Waals surface area (Å²) < 4.78 is 5.09. The number of nitrogens with zero attached hydrogens (tertiary/aromatic N) is 4. The molecule has 0 saturated heterocycles. The fourth-order valence-corrected chi connectivity index (χ4v) is 3.22. The van der Waals surface area contributed by atoms with E-state index in [0.29, 0.717) is 23.0 Å². The third kappa shape index (κ3) is 3.47. The van der Waals surface area contributed by atoms with Gasteiger partial charge in [-0.05, 0) is 17.0 Å². The van der Waals surface area contributed by atoms with Crippen molar-refractivity contribution >= 4 is 22.2 Å². The number of fused-ring (bicyclic) bond motifs is 1. The van der Waals surface area contributed by atoms with Gasteiger partial charge in [0.25, 0.3) is 0 Å². The van der Waals surface area contributed by atoms with Crippen LogP contribution in [0.4, 0.5) is 5.00 Å². The van der Waals surface area contributed by atoms with Crippen LogP contribution in [-0.2, 0) is 17.8 Å². The maximum Gasteiger partial charge on any atom is 0.239 e. The number of nitriles is 1. The van der Waals surface area contributed by atoms with Crippen LogP contribution in [0.2, 0.25) is 0 Å². The van der Waals surface area contributed by atoms with Crippen LogP contribution in [0.15, 0.2) is 17.5 Å². The molecule has 118 valence electrons. The molecular formula is C15H15N5O2S. The number of methoxy groups -OCH3 is 1. The van der Waals surface area contributed by atoms with Crippen molar-refractivity contribution < 1.29 is 9.53 Å². The van der Waals surface area contributed by atoms with E-state index in [-0.39, 0.29) is 12.5 Å². The molecule has 1 aliphatic rings. The third-order valence-electron chi connectivity index (χ3n) is 3.61. The van der Waals surface area contributed by atoms with Gasteiger partial charge in [-0.2, -0.15) is 10.4 Å². The van der Waals surface area contributed by atoms with Crippen LogP contribution in [0.5, 0.6) is 5.88 Å². The van der Waals surface area contributed by atoms with Crippen LogP contribution in [0, 0.1) is 11.3 Å². The summed E-state index contributed by atoms with van der Waals surface area (Å²) in [5.74, 6) is 0.355. The van der Waals surface area contributed by atoms with Crippen molar-refractivity contribution in [2.75, 3.05) is 25.5 Å². The number of thiophene rings is 1. The predicted molar refractivity (Wildman–Crippen MR) is 85.2 cm³/mol. The van der Waals surface area contributed by atoms with Crippen molar-refractivity contribution in [2.24, 2.45) is 0 Å². The van der Waals surface area contributed by atoms with Crippen LogP contribution in [0.1, 0.15) is 16.8 Å². The first-order chi connectivity index (χ1) is 11.2. The van der Waals surface area contributed by atoms with Crippen LogP contribution in [0.3, 0.4) is 0 Å². The molecule has 0 saturated carbocycles. The zero-order valence-corrected chi connectivity index (χ0v) is 13.4. The Morgan fingerprint density at radius 2 is 2.43 bits per heavy atom. The molecule has 0 bridgehead atoms. The van der Waals surface area contributed by atoms with E-state index in [1.807, 2.05) is 11.0 Å². The van der Waals surface area contributed by atoms with Crippen molar-refractivity contribution in [3.63, 3.8) is 0 Å². The number of rotatable bonds is 4. The Kier molecular flexibility index (Phi) is 4.50. The van der Waals surface area contributed by atoms with Gasteiger partial charge in [0.15, 0.2) is 0 Å². The van der Waals surface area contributed by atoms with Gasteiger partial charge >= 0.3 is 0 Å². The van der Waals surface area contributed by atoms with Gasteiger partial charge in [0.2, 0.25) is 11.8 Å². The standard InChI is InChI=1S/C15H15N5O2S/c1-22-14-6-11-8-20(4-2-12(11)18-19-14)9-13(21)17-15-10(7-16)3-5-23-15/h3,5-6H,2,4,8-9H2,1H3,(H,17,21). The average molecular weight is 329 g/mol. The van der Waals surface area contributed by atoms with E-state index < -0.39 is 0 Å². The van der Waals surface area contributed by atoms with E-state index in [9.17, 15) is 4.79 Å². The second-order valence-corrected chi connectivity index (χ2v) is 6.06. The molecule has 3 heterocycles. The van der Waals surface area contributed by atoms with E-state index in [2.05, 4.69) is 21.6 Å². The van der Waals surface area contributed by atoms with Gasteiger partial charge in [-0.3, -0.25) is 9.69 Å². The molecule has 1 aliphatic heterocycles.